The van der Waals surface area contributed by atoms with E-state index in [1.54, 1.807) is 11.3 Å². The molecule has 1 heterocycles. The molecule has 18 heavy (non-hydrogen) atoms. The maximum atomic E-state index is 4.67. The van der Waals surface area contributed by atoms with E-state index in [0.717, 1.165) is 17.2 Å². The zero-order valence-electron chi connectivity index (χ0n) is 11.1. The van der Waals surface area contributed by atoms with Crippen LogP contribution in [0.15, 0.2) is 18.2 Å². The third-order valence-electron chi connectivity index (χ3n) is 4.02. The highest BCUT2D eigenvalue weighted by molar-refractivity contribution is 7.22. The van der Waals surface area contributed by atoms with Gasteiger partial charge in [0.2, 0.25) is 0 Å². The molecule has 0 bridgehead atoms. The highest BCUT2D eigenvalue weighted by atomic mass is 32.1. The molecule has 1 N–H and O–H groups in total. The normalized spacial score (nSPS) is 18.3. The standard InChI is InChI=1S/C15H20N2S/c1-11-5-6-13-12(9-11)17-14(18-13)16-10-15(2)7-3-4-8-15/h5-6,9H,3-4,7-8,10H2,1-2H3,(H,16,17). The van der Waals surface area contributed by atoms with Gasteiger partial charge in [-0.25, -0.2) is 4.98 Å². The van der Waals surface area contributed by atoms with Gasteiger partial charge in [-0.05, 0) is 42.9 Å². The van der Waals surface area contributed by atoms with Crippen molar-refractivity contribution >= 4 is 26.7 Å². The summed E-state index contributed by atoms with van der Waals surface area (Å²) in [6.45, 7) is 5.57. The lowest BCUT2D eigenvalue weighted by Crippen LogP contribution is -2.22. The number of nitrogens with one attached hydrogen (secondary N) is 1. The fraction of sp³-hybridized carbons (Fsp3) is 0.533. The minimum absolute atomic E-state index is 0.480. The number of anilines is 1. The van der Waals surface area contributed by atoms with Gasteiger partial charge in [0, 0.05) is 6.54 Å². The van der Waals surface area contributed by atoms with Crippen molar-refractivity contribution in [2.45, 2.75) is 39.5 Å². The van der Waals surface area contributed by atoms with Gasteiger partial charge < -0.3 is 5.32 Å². The second kappa shape index (κ2) is 4.54. The van der Waals surface area contributed by atoms with Crippen LogP contribution >= 0.6 is 11.3 Å². The minimum atomic E-state index is 0.480. The van der Waals surface area contributed by atoms with Gasteiger partial charge in [-0.15, -0.1) is 0 Å². The number of aromatic nitrogens is 1. The maximum Gasteiger partial charge on any atom is 0.183 e. The van der Waals surface area contributed by atoms with Crippen LogP contribution in [0, 0.1) is 12.3 Å². The summed E-state index contributed by atoms with van der Waals surface area (Å²) in [7, 11) is 0. The average molecular weight is 260 g/mol. The summed E-state index contributed by atoms with van der Waals surface area (Å²) >= 11 is 1.77. The van der Waals surface area contributed by atoms with Crippen LogP contribution in [0.1, 0.15) is 38.2 Å². The summed E-state index contributed by atoms with van der Waals surface area (Å²) in [5.41, 5.74) is 2.88. The van der Waals surface area contributed by atoms with Gasteiger partial charge in [-0.3, -0.25) is 0 Å². The van der Waals surface area contributed by atoms with E-state index < -0.39 is 0 Å². The molecule has 2 aromatic rings. The SMILES string of the molecule is Cc1ccc2sc(NCC3(C)CCCC3)nc2c1. The van der Waals surface area contributed by atoms with Gasteiger partial charge in [0.15, 0.2) is 5.13 Å². The predicted octanol–water partition coefficient (Wildman–Crippen LogP) is 4.60. The molecule has 0 saturated heterocycles. The first-order valence-corrected chi connectivity index (χ1v) is 7.57. The summed E-state index contributed by atoms with van der Waals surface area (Å²) in [4.78, 5) is 4.67. The van der Waals surface area contributed by atoms with Crippen LogP contribution < -0.4 is 5.32 Å². The molecule has 1 aromatic carbocycles. The summed E-state index contributed by atoms with van der Waals surface area (Å²) < 4.78 is 1.28. The average Bonchev–Trinajstić information content (AvgIpc) is 2.93. The molecule has 1 aliphatic rings. The van der Waals surface area contributed by atoms with Crippen molar-refractivity contribution in [1.82, 2.24) is 4.98 Å². The zero-order chi connectivity index (χ0) is 12.6. The number of aryl methyl sites for hydroxylation is 1. The van der Waals surface area contributed by atoms with Crippen molar-refractivity contribution < 1.29 is 0 Å². The van der Waals surface area contributed by atoms with Gasteiger partial charge in [0.1, 0.15) is 0 Å². The Morgan fingerprint density at radius 3 is 2.89 bits per heavy atom. The second-order valence-corrected chi connectivity index (χ2v) is 6.89. The zero-order valence-corrected chi connectivity index (χ0v) is 11.9. The first kappa shape index (κ1) is 12.0. The van der Waals surface area contributed by atoms with Gasteiger partial charge in [-0.2, -0.15) is 0 Å². The minimum Gasteiger partial charge on any atom is -0.361 e. The molecule has 3 rings (SSSR count). The summed E-state index contributed by atoms with van der Waals surface area (Å²) in [5, 5.41) is 4.62. The number of hydrogen-bond donors (Lipinski definition) is 1. The molecular weight excluding hydrogens is 240 g/mol. The van der Waals surface area contributed by atoms with E-state index in [0.29, 0.717) is 5.41 Å². The van der Waals surface area contributed by atoms with Crippen LogP contribution in [-0.2, 0) is 0 Å². The van der Waals surface area contributed by atoms with E-state index in [1.807, 2.05) is 0 Å². The van der Waals surface area contributed by atoms with E-state index in [4.69, 9.17) is 0 Å². The van der Waals surface area contributed by atoms with Crippen molar-refractivity contribution in [3.63, 3.8) is 0 Å². The van der Waals surface area contributed by atoms with E-state index in [-0.39, 0.29) is 0 Å². The number of benzene rings is 1. The Kier molecular flexibility index (Phi) is 3.02. The topological polar surface area (TPSA) is 24.9 Å². The van der Waals surface area contributed by atoms with Crippen molar-refractivity contribution in [2.24, 2.45) is 5.41 Å². The summed E-state index contributed by atoms with van der Waals surface area (Å²) in [5.74, 6) is 0. The number of thiazole rings is 1. The molecule has 0 aliphatic heterocycles. The smallest absolute Gasteiger partial charge is 0.183 e. The van der Waals surface area contributed by atoms with E-state index in [2.05, 4.69) is 42.3 Å². The Morgan fingerprint density at radius 2 is 2.11 bits per heavy atom. The van der Waals surface area contributed by atoms with Crippen molar-refractivity contribution in [2.75, 3.05) is 11.9 Å². The molecule has 0 atom stereocenters. The summed E-state index contributed by atoms with van der Waals surface area (Å²) in [6.07, 6.45) is 5.47. The lowest BCUT2D eigenvalue weighted by molar-refractivity contribution is 0.362. The fourth-order valence-corrected chi connectivity index (χ4v) is 3.65. The monoisotopic (exact) mass is 260 g/mol. The van der Waals surface area contributed by atoms with Crippen molar-refractivity contribution in [3.05, 3.63) is 23.8 Å². The Morgan fingerprint density at radius 1 is 1.33 bits per heavy atom. The molecule has 1 aliphatic carbocycles. The third kappa shape index (κ3) is 2.37. The van der Waals surface area contributed by atoms with Crippen LogP contribution in [-0.4, -0.2) is 11.5 Å². The molecule has 2 nitrogen and oxygen atoms in total. The van der Waals surface area contributed by atoms with Crippen LogP contribution in [0.3, 0.4) is 0 Å². The van der Waals surface area contributed by atoms with Crippen LogP contribution in [0.2, 0.25) is 0 Å². The fourth-order valence-electron chi connectivity index (χ4n) is 2.81. The molecule has 1 fully saturated rings. The van der Waals surface area contributed by atoms with Gasteiger partial charge in [0.25, 0.3) is 0 Å². The first-order chi connectivity index (χ1) is 8.65. The number of rotatable bonds is 3. The molecule has 0 unspecified atom stereocenters. The van der Waals surface area contributed by atoms with Gasteiger partial charge >= 0.3 is 0 Å². The van der Waals surface area contributed by atoms with Crippen molar-refractivity contribution in [1.29, 1.82) is 0 Å². The van der Waals surface area contributed by atoms with Gasteiger partial charge in [-0.1, -0.05) is 37.2 Å². The first-order valence-electron chi connectivity index (χ1n) is 6.76. The highest BCUT2D eigenvalue weighted by Gasteiger charge is 2.28. The Bertz CT molecular complexity index is 553. The largest absolute Gasteiger partial charge is 0.361 e. The van der Waals surface area contributed by atoms with E-state index >= 15 is 0 Å². The lowest BCUT2D eigenvalue weighted by atomic mass is 9.89. The molecule has 3 heteroatoms. The van der Waals surface area contributed by atoms with Crippen LogP contribution in [0.25, 0.3) is 10.2 Å². The van der Waals surface area contributed by atoms with E-state index in [1.165, 1.54) is 35.9 Å². The lowest BCUT2D eigenvalue weighted by Gasteiger charge is -2.23. The number of nitrogens with zero attached hydrogens (tertiary/aromatic N) is 1. The molecular formula is C15H20N2S. The highest BCUT2D eigenvalue weighted by Crippen LogP contribution is 2.38. The predicted molar refractivity (Wildman–Crippen MR) is 79.4 cm³/mol. The Balaban J connectivity index is 1.74. The molecule has 96 valence electrons. The maximum absolute atomic E-state index is 4.67. The summed E-state index contributed by atoms with van der Waals surface area (Å²) in [6, 6.07) is 6.49. The molecule has 0 spiro atoms. The van der Waals surface area contributed by atoms with E-state index in [9.17, 15) is 0 Å². The quantitative estimate of drug-likeness (QED) is 0.872. The Labute approximate surface area is 112 Å². The molecule has 1 saturated carbocycles. The number of fused-ring (bicyclic) bond motifs is 1. The second-order valence-electron chi connectivity index (χ2n) is 5.86. The third-order valence-corrected chi connectivity index (χ3v) is 5.01. The van der Waals surface area contributed by atoms with Crippen LogP contribution in [0.5, 0.6) is 0 Å². The number of hydrogen-bond acceptors (Lipinski definition) is 3. The molecule has 1 aromatic heterocycles. The molecule has 0 radical (unpaired) electrons. The Hall–Kier alpha value is -1.09. The van der Waals surface area contributed by atoms with Crippen molar-refractivity contribution in [3.8, 4) is 0 Å². The molecule has 0 amide bonds. The van der Waals surface area contributed by atoms with Crippen LogP contribution in [0.4, 0.5) is 5.13 Å². The van der Waals surface area contributed by atoms with Gasteiger partial charge in [0.05, 0.1) is 10.2 Å².